The van der Waals surface area contributed by atoms with Gasteiger partial charge in [0, 0.05) is 13.7 Å². The molecule has 1 aliphatic rings. The number of ether oxygens (including phenoxy) is 3. The summed E-state index contributed by atoms with van der Waals surface area (Å²) in [5, 5.41) is 11.0. The summed E-state index contributed by atoms with van der Waals surface area (Å²) in [5.41, 5.74) is -0.793. The van der Waals surface area contributed by atoms with E-state index in [1.165, 1.54) is 7.11 Å². The Labute approximate surface area is 135 Å². The molecule has 1 fully saturated rings. The number of carbonyl (C=O) groups excluding carboxylic acids is 2. The molecule has 9 nitrogen and oxygen atoms in total. The fourth-order valence-corrected chi connectivity index (χ4v) is 2.26. The fourth-order valence-electron chi connectivity index (χ4n) is 2.26. The van der Waals surface area contributed by atoms with Gasteiger partial charge in [0.25, 0.3) is 0 Å². The van der Waals surface area contributed by atoms with Gasteiger partial charge in [0.05, 0.1) is 12.7 Å². The molecule has 0 aromatic heterocycles. The topological polar surface area (TPSA) is 106 Å². The lowest BCUT2D eigenvalue weighted by atomic mass is 10.0. The van der Waals surface area contributed by atoms with Crippen LogP contribution in [0.4, 0.5) is 9.59 Å². The molecule has 0 spiro atoms. The van der Waals surface area contributed by atoms with E-state index in [-0.39, 0.29) is 19.6 Å². The van der Waals surface area contributed by atoms with Crippen LogP contribution in [0.5, 0.6) is 0 Å². The van der Waals surface area contributed by atoms with E-state index in [4.69, 9.17) is 14.2 Å². The van der Waals surface area contributed by atoms with Crippen molar-refractivity contribution in [3.63, 3.8) is 0 Å². The first kappa shape index (κ1) is 19.0. The first-order valence-corrected chi connectivity index (χ1v) is 7.34. The molecule has 2 atom stereocenters. The molecule has 9 heteroatoms. The molecule has 0 aromatic rings. The molecule has 0 saturated carbocycles. The zero-order valence-electron chi connectivity index (χ0n) is 14.1. The average Bonchev–Trinajstić information content (AvgIpc) is 2.43. The molecule has 0 bridgehead atoms. The molecule has 0 radical (unpaired) electrons. The summed E-state index contributed by atoms with van der Waals surface area (Å²) in [4.78, 5) is 36.0. The molecule has 23 heavy (non-hydrogen) atoms. The van der Waals surface area contributed by atoms with Crippen molar-refractivity contribution in [1.29, 1.82) is 0 Å². The summed E-state index contributed by atoms with van der Waals surface area (Å²) in [6.45, 7) is 6.75. The number of hydrazine groups is 1. The largest absolute Gasteiger partial charge is 0.464 e. The third-order valence-electron chi connectivity index (χ3n) is 3.13. The van der Waals surface area contributed by atoms with E-state index in [1.54, 1.807) is 27.7 Å². The molecular formula is C14H24N2O7. The summed E-state index contributed by atoms with van der Waals surface area (Å²) >= 11 is 0. The number of methoxy groups -OCH3 is 1. The number of rotatable bonds is 3. The zero-order chi connectivity index (χ0) is 17.8. The van der Waals surface area contributed by atoms with Crippen molar-refractivity contribution in [3.8, 4) is 0 Å². The van der Waals surface area contributed by atoms with E-state index in [1.807, 2.05) is 0 Å². The summed E-state index contributed by atoms with van der Waals surface area (Å²) in [5.74, 6) is -0.769. The van der Waals surface area contributed by atoms with Crippen molar-refractivity contribution in [3.05, 3.63) is 0 Å². The SMILES string of the molecule is CCOC(=O)[C@@H]1[C@@H](OC)CCN(C(=O)OC(C)(C)C)N1C(=O)O. The van der Waals surface area contributed by atoms with Crippen molar-refractivity contribution in [1.82, 2.24) is 10.0 Å². The lowest BCUT2D eigenvalue weighted by Gasteiger charge is -2.44. The quantitative estimate of drug-likeness (QED) is 0.780. The highest BCUT2D eigenvalue weighted by atomic mass is 16.6. The molecule has 0 unspecified atom stereocenters. The summed E-state index contributed by atoms with van der Waals surface area (Å²) in [6.07, 6.45) is -2.73. The van der Waals surface area contributed by atoms with E-state index in [9.17, 15) is 19.5 Å². The standard InChI is InChI=1S/C14H24N2O7/c1-6-22-11(17)10-9(21-5)7-8-15(16(10)12(18)19)13(20)23-14(2,3)4/h9-10H,6-8H2,1-5H3,(H,18,19)/t9-,10-/m0/s1. The lowest BCUT2D eigenvalue weighted by Crippen LogP contribution is -2.65. The second kappa shape index (κ2) is 7.49. The van der Waals surface area contributed by atoms with Gasteiger partial charge in [-0.05, 0) is 34.1 Å². The second-order valence-electron chi connectivity index (χ2n) is 5.99. The number of carboxylic acid groups (broad SMARTS) is 1. The van der Waals surface area contributed by atoms with Gasteiger partial charge < -0.3 is 19.3 Å². The highest BCUT2D eigenvalue weighted by Gasteiger charge is 2.47. The van der Waals surface area contributed by atoms with E-state index in [0.29, 0.717) is 5.01 Å². The summed E-state index contributed by atoms with van der Waals surface area (Å²) < 4.78 is 15.3. The van der Waals surface area contributed by atoms with E-state index in [2.05, 4.69) is 0 Å². The van der Waals surface area contributed by atoms with Crippen LogP contribution in [0, 0.1) is 0 Å². The van der Waals surface area contributed by atoms with Gasteiger partial charge in [-0.15, -0.1) is 0 Å². The zero-order valence-corrected chi connectivity index (χ0v) is 14.1. The van der Waals surface area contributed by atoms with Crippen LogP contribution in [0.3, 0.4) is 0 Å². The predicted molar refractivity (Wildman–Crippen MR) is 78.6 cm³/mol. The maximum Gasteiger partial charge on any atom is 0.429 e. The van der Waals surface area contributed by atoms with Gasteiger partial charge in [-0.2, -0.15) is 5.01 Å². The third kappa shape index (κ3) is 4.72. The Hall–Kier alpha value is -2.03. The van der Waals surface area contributed by atoms with Gasteiger partial charge in [0.2, 0.25) is 0 Å². The molecule has 1 N–H and O–H groups in total. The van der Waals surface area contributed by atoms with E-state index in [0.717, 1.165) is 5.01 Å². The van der Waals surface area contributed by atoms with Gasteiger partial charge in [-0.1, -0.05) is 0 Å². The first-order chi connectivity index (χ1) is 10.6. The smallest absolute Gasteiger partial charge is 0.429 e. The number of hydrogen-bond acceptors (Lipinski definition) is 6. The van der Waals surface area contributed by atoms with E-state index < -0.39 is 35.9 Å². The van der Waals surface area contributed by atoms with E-state index >= 15 is 0 Å². The van der Waals surface area contributed by atoms with Crippen LogP contribution in [0.2, 0.25) is 0 Å². The summed E-state index contributed by atoms with van der Waals surface area (Å²) in [7, 11) is 1.38. The highest BCUT2D eigenvalue weighted by Crippen LogP contribution is 2.24. The van der Waals surface area contributed by atoms with Gasteiger partial charge in [0.15, 0.2) is 6.04 Å². The van der Waals surface area contributed by atoms with Crippen molar-refractivity contribution in [2.75, 3.05) is 20.3 Å². The Morgan fingerprint density at radius 1 is 1.26 bits per heavy atom. The minimum absolute atomic E-state index is 0.0512. The predicted octanol–water partition coefficient (Wildman–Crippen LogP) is 1.47. The van der Waals surface area contributed by atoms with Crippen molar-refractivity contribution < 1.29 is 33.7 Å². The van der Waals surface area contributed by atoms with Gasteiger partial charge >= 0.3 is 18.2 Å². The molecule has 0 aliphatic carbocycles. The van der Waals surface area contributed by atoms with Crippen LogP contribution in [0.15, 0.2) is 0 Å². The first-order valence-electron chi connectivity index (χ1n) is 7.34. The van der Waals surface area contributed by atoms with Crippen LogP contribution in [0.25, 0.3) is 0 Å². The van der Waals surface area contributed by atoms with Crippen LogP contribution in [0.1, 0.15) is 34.1 Å². The normalized spacial score (nSPS) is 21.8. The Morgan fingerprint density at radius 2 is 1.87 bits per heavy atom. The van der Waals surface area contributed by atoms with Gasteiger partial charge in [-0.25, -0.2) is 19.4 Å². The van der Waals surface area contributed by atoms with Crippen LogP contribution < -0.4 is 0 Å². The van der Waals surface area contributed by atoms with Gasteiger partial charge in [0.1, 0.15) is 5.60 Å². The number of carbonyl (C=O) groups is 3. The van der Waals surface area contributed by atoms with Crippen molar-refractivity contribution in [2.24, 2.45) is 0 Å². The number of esters is 1. The second-order valence-corrected chi connectivity index (χ2v) is 5.99. The third-order valence-corrected chi connectivity index (χ3v) is 3.13. The number of nitrogens with zero attached hydrogens (tertiary/aromatic N) is 2. The molecule has 1 rings (SSSR count). The molecule has 1 heterocycles. The molecule has 0 aromatic carbocycles. The molecule has 2 amide bonds. The Bertz CT molecular complexity index is 461. The Morgan fingerprint density at radius 3 is 2.30 bits per heavy atom. The average molecular weight is 332 g/mol. The molecule has 132 valence electrons. The van der Waals surface area contributed by atoms with Crippen LogP contribution >= 0.6 is 0 Å². The monoisotopic (exact) mass is 332 g/mol. The van der Waals surface area contributed by atoms with Crippen LogP contribution in [-0.4, -0.2) is 71.3 Å². The summed E-state index contributed by atoms with van der Waals surface area (Å²) in [6, 6.07) is -1.27. The maximum absolute atomic E-state index is 12.3. The molecular weight excluding hydrogens is 308 g/mol. The Kier molecular flexibility index (Phi) is 6.20. The fraction of sp³-hybridized carbons (Fsp3) is 0.786. The lowest BCUT2D eigenvalue weighted by molar-refractivity contribution is -0.172. The Balaban J connectivity index is 3.11. The van der Waals surface area contributed by atoms with Crippen LogP contribution in [-0.2, 0) is 19.0 Å². The molecule has 1 aliphatic heterocycles. The maximum atomic E-state index is 12.3. The minimum Gasteiger partial charge on any atom is -0.464 e. The number of hydrogen-bond donors (Lipinski definition) is 1. The molecule has 1 saturated heterocycles. The number of amides is 2. The van der Waals surface area contributed by atoms with Crippen molar-refractivity contribution >= 4 is 18.2 Å². The minimum atomic E-state index is -1.46. The van der Waals surface area contributed by atoms with Gasteiger partial charge in [-0.3, -0.25) is 0 Å². The highest BCUT2D eigenvalue weighted by molar-refractivity contribution is 5.83. The van der Waals surface area contributed by atoms with Crippen molar-refractivity contribution in [2.45, 2.75) is 51.9 Å².